The first-order chi connectivity index (χ1) is 9.31. The van der Waals surface area contributed by atoms with Crippen LogP contribution in [0.5, 0.6) is 5.75 Å². The number of carbonyl (C=O) groups is 1. The molecule has 1 fully saturated rings. The number of benzene rings is 1. The van der Waals surface area contributed by atoms with E-state index in [2.05, 4.69) is 16.7 Å². The van der Waals surface area contributed by atoms with Crippen molar-refractivity contribution in [1.82, 2.24) is 10.6 Å². The molecule has 1 heterocycles. The van der Waals surface area contributed by atoms with Gasteiger partial charge in [-0.3, -0.25) is 0 Å². The van der Waals surface area contributed by atoms with E-state index in [1.807, 2.05) is 12.1 Å². The van der Waals surface area contributed by atoms with Gasteiger partial charge in [0.05, 0.1) is 6.61 Å². The maximum Gasteiger partial charge on any atom is 0.315 e. The second-order valence-corrected chi connectivity index (χ2v) is 5.35. The van der Waals surface area contributed by atoms with Crippen molar-refractivity contribution in [2.45, 2.75) is 44.7 Å². The maximum atomic E-state index is 11.8. The highest BCUT2D eigenvalue weighted by Gasteiger charge is 2.17. The molecule has 3 rings (SSSR count). The number of carbonyl (C=O) groups excluding carboxylic acids is 1. The van der Waals surface area contributed by atoms with E-state index in [0.29, 0.717) is 12.6 Å². The smallest absolute Gasteiger partial charge is 0.315 e. The summed E-state index contributed by atoms with van der Waals surface area (Å²) in [6, 6.07) is 6.45. The first-order valence-corrected chi connectivity index (χ1v) is 7.10. The molecule has 0 aromatic heterocycles. The van der Waals surface area contributed by atoms with Crippen molar-refractivity contribution in [3.05, 3.63) is 29.3 Å². The van der Waals surface area contributed by atoms with Gasteiger partial charge in [0.2, 0.25) is 0 Å². The summed E-state index contributed by atoms with van der Waals surface area (Å²) in [6.07, 6.45) is 5.66. The summed E-state index contributed by atoms with van der Waals surface area (Å²) in [5, 5.41) is 5.95. The van der Waals surface area contributed by atoms with E-state index in [1.54, 1.807) is 0 Å². The van der Waals surface area contributed by atoms with Crippen LogP contribution >= 0.6 is 0 Å². The van der Waals surface area contributed by atoms with E-state index in [0.717, 1.165) is 37.2 Å². The summed E-state index contributed by atoms with van der Waals surface area (Å²) in [5.74, 6) is 0.985. The molecular formula is C15H20N2O2. The van der Waals surface area contributed by atoms with Crippen molar-refractivity contribution in [3.8, 4) is 5.75 Å². The summed E-state index contributed by atoms with van der Waals surface area (Å²) >= 11 is 0. The van der Waals surface area contributed by atoms with E-state index >= 15 is 0 Å². The molecule has 2 amide bonds. The number of nitrogens with one attached hydrogen (secondary N) is 2. The molecule has 0 radical (unpaired) electrons. The molecule has 2 aliphatic rings. The van der Waals surface area contributed by atoms with E-state index < -0.39 is 0 Å². The van der Waals surface area contributed by atoms with Gasteiger partial charge in [-0.1, -0.05) is 25.0 Å². The summed E-state index contributed by atoms with van der Waals surface area (Å²) in [4.78, 5) is 11.8. The average Bonchev–Trinajstić information content (AvgIpc) is 3.06. The number of rotatable bonds is 3. The van der Waals surface area contributed by atoms with Gasteiger partial charge in [-0.2, -0.15) is 0 Å². The zero-order valence-electron chi connectivity index (χ0n) is 11.1. The maximum absolute atomic E-state index is 11.8. The predicted molar refractivity (Wildman–Crippen MR) is 73.3 cm³/mol. The third kappa shape index (κ3) is 3.00. The van der Waals surface area contributed by atoms with Gasteiger partial charge in [-0.05, 0) is 30.0 Å². The van der Waals surface area contributed by atoms with Gasteiger partial charge >= 0.3 is 6.03 Å². The molecule has 0 spiro atoms. The van der Waals surface area contributed by atoms with Crippen molar-refractivity contribution in [2.24, 2.45) is 0 Å². The van der Waals surface area contributed by atoms with Crippen LogP contribution in [0.25, 0.3) is 0 Å². The Bertz CT molecular complexity index is 467. The van der Waals surface area contributed by atoms with E-state index in [4.69, 9.17) is 4.74 Å². The Morgan fingerprint density at radius 1 is 1.32 bits per heavy atom. The molecular weight excluding hydrogens is 240 g/mol. The summed E-state index contributed by atoms with van der Waals surface area (Å²) in [6.45, 7) is 1.35. The highest BCUT2D eigenvalue weighted by molar-refractivity contribution is 5.74. The van der Waals surface area contributed by atoms with Crippen molar-refractivity contribution in [2.75, 3.05) is 6.61 Å². The largest absolute Gasteiger partial charge is 0.493 e. The summed E-state index contributed by atoms with van der Waals surface area (Å²) in [7, 11) is 0. The predicted octanol–water partition coefficient (Wildman–Crippen LogP) is 2.36. The van der Waals surface area contributed by atoms with Gasteiger partial charge in [-0.15, -0.1) is 0 Å². The highest BCUT2D eigenvalue weighted by atomic mass is 16.5. The number of ether oxygens (including phenoxy) is 1. The van der Waals surface area contributed by atoms with Crippen LogP contribution in [0.3, 0.4) is 0 Å². The van der Waals surface area contributed by atoms with Crippen LogP contribution in [0.1, 0.15) is 36.8 Å². The van der Waals surface area contributed by atoms with Crippen molar-refractivity contribution in [3.63, 3.8) is 0 Å². The highest BCUT2D eigenvalue weighted by Crippen LogP contribution is 2.25. The summed E-state index contributed by atoms with van der Waals surface area (Å²) < 4.78 is 5.47. The van der Waals surface area contributed by atoms with Gasteiger partial charge < -0.3 is 15.4 Å². The zero-order valence-corrected chi connectivity index (χ0v) is 11.1. The first kappa shape index (κ1) is 12.3. The topological polar surface area (TPSA) is 50.4 Å². The first-order valence-electron chi connectivity index (χ1n) is 7.10. The standard InChI is InChI=1S/C15H20N2O2/c18-15(17-13-3-1-2-4-13)16-10-11-5-6-14-12(9-11)7-8-19-14/h5-6,9,13H,1-4,7-8,10H2,(H2,16,17,18). The molecule has 1 saturated carbocycles. The molecule has 4 nitrogen and oxygen atoms in total. The molecule has 1 aromatic rings. The van der Waals surface area contributed by atoms with E-state index in [9.17, 15) is 4.79 Å². The SMILES string of the molecule is O=C(NCc1ccc2c(c1)CCO2)NC1CCCC1. The van der Waals surface area contributed by atoms with Gasteiger partial charge in [0.15, 0.2) is 0 Å². The van der Waals surface area contributed by atoms with E-state index in [1.165, 1.54) is 18.4 Å². The second-order valence-electron chi connectivity index (χ2n) is 5.35. The molecule has 0 unspecified atom stereocenters. The molecule has 102 valence electrons. The lowest BCUT2D eigenvalue weighted by atomic mass is 10.1. The van der Waals surface area contributed by atoms with Gasteiger partial charge in [0.1, 0.15) is 5.75 Å². The molecule has 4 heteroatoms. The van der Waals surface area contributed by atoms with Crippen LogP contribution in [0.2, 0.25) is 0 Å². The van der Waals surface area contributed by atoms with Crippen molar-refractivity contribution < 1.29 is 9.53 Å². The minimum Gasteiger partial charge on any atom is -0.493 e. The molecule has 1 aliphatic heterocycles. The third-order valence-corrected chi connectivity index (χ3v) is 3.90. The molecule has 1 aliphatic carbocycles. The number of fused-ring (bicyclic) bond motifs is 1. The molecule has 0 saturated heterocycles. The Kier molecular flexibility index (Phi) is 3.58. The number of hydrogen-bond acceptors (Lipinski definition) is 2. The van der Waals surface area contributed by atoms with Crippen molar-refractivity contribution in [1.29, 1.82) is 0 Å². The Labute approximate surface area is 113 Å². The number of urea groups is 1. The molecule has 19 heavy (non-hydrogen) atoms. The van der Waals surface area contributed by atoms with Crippen LogP contribution < -0.4 is 15.4 Å². The Balaban J connectivity index is 1.50. The van der Waals surface area contributed by atoms with Crippen LogP contribution in [0.4, 0.5) is 4.79 Å². The van der Waals surface area contributed by atoms with Crippen molar-refractivity contribution >= 4 is 6.03 Å². The number of amides is 2. The van der Waals surface area contributed by atoms with Crippen LogP contribution in [0.15, 0.2) is 18.2 Å². The quantitative estimate of drug-likeness (QED) is 0.876. The van der Waals surface area contributed by atoms with E-state index in [-0.39, 0.29) is 6.03 Å². The normalized spacial score (nSPS) is 17.9. The third-order valence-electron chi connectivity index (χ3n) is 3.90. The average molecular weight is 260 g/mol. The molecule has 0 atom stereocenters. The lowest BCUT2D eigenvalue weighted by Crippen LogP contribution is -2.40. The number of hydrogen-bond donors (Lipinski definition) is 2. The van der Waals surface area contributed by atoms with Crippen LogP contribution in [0, 0.1) is 0 Å². The van der Waals surface area contributed by atoms with Gasteiger partial charge in [0.25, 0.3) is 0 Å². The van der Waals surface area contributed by atoms with Gasteiger partial charge in [-0.25, -0.2) is 4.79 Å². The van der Waals surface area contributed by atoms with Crippen LogP contribution in [-0.4, -0.2) is 18.7 Å². The fourth-order valence-corrected chi connectivity index (χ4v) is 2.84. The fraction of sp³-hybridized carbons (Fsp3) is 0.533. The second kappa shape index (κ2) is 5.51. The molecule has 1 aromatic carbocycles. The molecule has 0 bridgehead atoms. The monoisotopic (exact) mass is 260 g/mol. The Hall–Kier alpha value is -1.71. The van der Waals surface area contributed by atoms with Crippen LogP contribution in [-0.2, 0) is 13.0 Å². The fourth-order valence-electron chi connectivity index (χ4n) is 2.84. The minimum atomic E-state index is -0.0522. The lowest BCUT2D eigenvalue weighted by molar-refractivity contribution is 0.236. The Morgan fingerprint density at radius 2 is 2.16 bits per heavy atom. The lowest BCUT2D eigenvalue weighted by Gasteiger charge is -2.13. The summed E-state index contributed by atoms with van der Waals surface area (Å²) in [5.41, 5.74) is 2.38. The minimum absolute atomic E-state index is 0.0522. The molecule has 2 N–H and O–H groups in total. The Morgan fingerprint density at radius 3 is 3.00 bits per heavy atom. The zero-order chi connectivity index (χ0) is 13.1. The van der Waals surface area contributed by atoms with Gasteiger partial charge in [0, 0.05) is 19.0 Å².